The molecule has 130 valence electrons. The Bertz CT molecular complexity index is 679. The van der Waals surface area contributed by atoms with Crippen LogP contribution in [0.15, 0.2) is 21.9 Å². The average molecular weight is 337 g/mol. The number of hydrogen-bond acceptors (Lipinski definition) is 7. The van der Waals surface area contributed by atoms with Crippen LogP contribution in [-0.2, 0) is 14.3 Å². The van der Waals surface area contributed by atoms with Gasteiger partial charge in [0, 0.05) is 6.07 Å². The van der Waals surface area contributed by atoms with E-state index in [0.717, 1.165) is 0 Å². The lowest BCUT2D eigenvalue weighted by Gasteiger charge is -2.28. The molecule has 0 aliphatic carbocycles. The molecule has 1 aromatic heterocycles. The van der Waals surface area contributed by atoms with Crippen LogP contribution in [0.5, 0.6) is 0 Å². The molecule has 1 aromatic rings. The van der Waals surface area contributed by atoms with E-state index in [1.54, 1.807) is 13.8 Å². The number of aromatic nitrogens is 1. The van der Waals surface area contributed by atoms with Crippen molar-refractivity contribution in [3.8, 4) is 0 Å². The van der Waals surface area contributed by atoms with Crippen molar-refractivity contribution in [3.05, 3.63) is 28.8 Å². The van der Waals surface area contributed by atoms with Crippen molar-refractivity contribution in [2.75, 3.05) is 13.2 Å². The van der Waals surface area contributed by atoms with Crippen LogP contribution in [0.4, 0.5) is 4.79 Å². The number of carbonyl (C=O) groups excluding carboxylic acids is 3. The lowest BCUT2D eigenvalue weighted by molar-refractivity contribution is -0.139. The predicted molar refractivity (Wildman–Crippen MR) is 80.9 cm³/mol. The fraction of sp³-hybridized carbons (Fsp3) is 0.467. The number of carbonyl (C=O) groups is 3. The predicted octanol–water partition coefficient (Wildman–Crippen LogP) is 1.05. The molecule has 0 aromatic carbocycles. The molecule has 0 saturated heterocycles. The zero-order chi connectivity index (χ0) is 17.7. The molecule has 0 unspecified atom stereocenters. The van der Waals surface area contributed by atoms with Crippen LogP contribution >= 0.6 is 0 Å². The van der Waals surface area contributed by atoms with Crippen molar-refractivity contribution in [1.29, 1.82) is 0 Å². The van der Waals surface area contributed by atoms with Gasteiger partial charge in [-0.3, -0.25) is 0 Å². The van der Waals surface area contributed by atoms with E-state index in [1.807, 2.05) is 6.92 Å². The van der Waals surface area contributed by atoms with Gasteiger partial charge in [0.2, 0.25) is 5.76 Å². The van der Waals surface area contributed by atoms with Gasteiger partial charge in [-0.25, -0.2) is 14.4 Å². The summed E-state index contributed by atoms with van der Waals surface area (Å²) < 4.78 is 14.9. The Labute approximate surface area is 138 Å². The largest absolute Gasteiger partial charge is 0.463 e. The van der Waals surface area contributed by atoms with Crippen LogP contribution < -0.4 is 10.6 Å². The standard InChI is InChI=1S/C15H19N3O6/c1-4-9-12(14(20)22-5-2)10(17-15(21)16-9)7-23-13(19)11-6-8(3)18-24-11/h6,9H,4-5,7H2,1-3H3,(H2,16,17,21)/t9-/m1/s1. The minimum atomic E-state index is -0.743. The Morgan fingerprint density at radius 1 is 1.29 bits per heavy atom. The second-order valence-corrected chi connectivity index (χ2v) is 5.08. The van der Waals surface area contributed by atoms with E-state index in [9.17, 15) is 14.4 Å². The summed E-state index contributed by atoms with van der Waals surface area (Å²) in [5, 5.41) is 8.71. The summed E-state index contributed by atoms with van der Waals surface area (Å²) in [6, 6.07) is 0.439. The van der Waals surface area contributed by atoms with Crippen LogP contribution in [0.3, 0.4) is 0 Å². The third-order valence-corrected chi connectivity index (χ3v) is 3.32. The van der Waals surface area contributed by atoms with E-state index in [2.05, 4.69) is 15.8 Å². The molecule has 2 rings (SSSR count). The Morgan fingerprint density at radius 3 is 2.62 bits per heavy atom. The second kappa shape index (κ2) is 7.62. The topological polar surface area (TPSA) is 120 Å². The lowest BCUT2D eigenvalue weighted by atomic mass is 10.0. The van der Waals surface area contributed by atoms with Crippen molar-refractivity contribution in [3.63, 3.8) is 0 Å². The van der Waals surface area contributed by atoms with Gasteiger partial charge in [-0.2, -0.15) is 0 Å². The molecule has 9 heteroatoms. The molecule has 0 radical (unpaired) electrons. The molecule has 1 aliphatic heterocycles. The molecule has 1 aliphatic rings. The highest BCUT2D eigenvalue weighted by atomic mass is 16.6. The number of amides is 2. The molecule has 0 fully saturated rings. The molecule has 0 spiro atoms. The third-order valence-electron chi connectivity index (χ3n) is 3.32. The van der Waals surface area contributed by atoms with Gasteiger partial charge in [-0.15, -0.1) is 0 Å². The number of rotatable bonds is 6. The second-order valence-electron chi connectivity index (χ2n) is 5.08. The fourth-order valence-electron chi connectivity index (χ4n) is 2.24. The summed E-state index contributed by atoms with van der Waals surface area (Å²) >= 11 is 0. The highest BCUT2D eigenvalue weighted by molar-refractivity contribution is 5.95. The van der Waals surface area contributed by atoms with E-state index >= 15 is 0 Å². The van der Waals surface area contributed by atoms with E-state index in [-0.39, 0.29) is 30.2 Å². The average Bonchev–Trinajstić information content (AvgIpc) is 2.98. The number of nitrogens with zero attached hydrogens (tertiary/aromatic N) is 1. The van der Waals surface area contributed by atoms with E-state index in [1.165, 1.54) is 6.07 Å². The maximum atomic E-state index is 12.2. The third kappa shape index (κ3) is 3.92. The first-order valence-electron chi connectivity index (χ1n) is 7.54. The van der Waals surface area contributed by atoms with Crippen LogP contribution in [0.1, 0.15) is 36.5 Å². The van der Waals surface area contributed by atoms with Gasteiger partial charge < -0.3 is 24.6 Å². The van der Waals surface area contributed by atoms with Gasteiger partial charge in [-0.1, -0.05) is 12.1 Å². The molecule has 2 amide bonds. The van der Waals surface area contributed by atoms with Crippen molar-refractivity contribution in [2.24, 2.45) is 0 Å². The Hall–Kier alpha value is -2.84. The van der Waals surface area contributed by atoms with Crippen molar-refractivity contribution in [2.45, 2.75) is 33.2 Å². The minimum absolute atomic E-state index is 0.0573. The zero-order valence-electron chi connectivity index (χ0n) is 13.7. The summed E-state index contributed by atoms with van der Waals surface area (Å²) in [4.78, 5) is 35.8. The lowest BCUT2D eigenvalue weighted by Crippen LogP contribution is -2.51. The Morgan fingerprint density at radius 2 is 2.04 bits per heavy atom. The molecular weight excluding hydrogens is 318 g/mol. The Balaban J connectivity index is 2.19. The fourth-order valence-corrected chi connectivity index (χ4v) is 2.24. The molecule has 9 nitrogen and oxygen atoms in total. The number of nitrogens with one attached hydrogen (secondary N) is 2. The molecular formula is C15H19N3O6. The highest BCUT2D eigenvalue weighted by Crippen LogP contribution is 2.18. The van der Waals surface area contributed by atoms with E-state index < -0.39 is 24.0 Å². The molecule has 0 saturated carbocycles. The molecule has 1 atom stereocenters. The van der Waals surface area contributed by atoms with Gasteiger partial charge in [-0.05, 0) is 20.3 Å². The maximum absolute atomic E-state index is 12.2. The van der Waals surface area contributed by atoms with E-state index in [0.29, 0.717) is 12.1 Å². The van der Waals surface area contributed by atoms with Crippen LogP contribution in [0, 0.1) is 6.92 Å². The van der Waals surface area contributed by atoms with Crippen LogP contribution in [0.25, 0.3) is 0 Å². The number of hydrogen-bond donors (Lipinski definition) is 2. The van der Waals surface area contributed by atoms with Crippen LogP contribution in [0.2, 0.25) is 0 Å². The van der Waals surface area contributed by atoms with Crippen molar-refractivity contribution in [1.82, 2.24) is 15.8 Å². The molecule has 0 bridgehead atoms. The normalized spacial score (nSPS) is 17.1. The number of ether oxygens (including phenoxy) is 2. The number of urea groups is 1. The SMILES string of the molecule is CCOC(=O)C1=C(COC(=O)c2cc(C)no2)NC(=O)N[C@@H]1CC. The summed E-state index contributed by atoms with van der Waals surface area (Å²) in [5.41, 5.74) is 0.962. The number of aryl methyl sites for hydroxylation is 1. The van der Waals surface area contributed by atoms with Gasteiger partial charge in [0.25, 0.3) is 0 Å². The van der Waals surface area contributed by atoms with Gasteiger partial charge in [0.1, 0.15) is 6.61 Å². The van der Waals surface area contributed by atoms with Crippen LogP contribution in [-0.4, -0.2) is 42.4 Å². The first-order chi connectivity index (χ1) is 11.5. The molecule has 2 heterocycles. The first-order valence-corrected chi connectivity index (χ1v) is 7.54. The van der Waals surface area contributed by atoms with Gasteiger partial charge in [0.15, 0.2) is 0 Å². The summed E-state index contributed by atoms with van der Waals surface area (Å²) in [7, 11) is 0. The smallest absolute Gasteiger partial charge is 0.377 e. The summed E-state index contributed by atoms with van der Waals surface area (Å²) in [5.74, 6) is -1.37. The highest BCUT2D eigenvalue weighted by Gasteiger charge is 2.32. The van der Waals surface area contributed by atoms with Crippen molar-refractivity contribution < 1.29 is 28.4 Å². The Kier molecular flexibility index (Phi) is 5.56. The van der Waals surface area contributed by atoms with Crippen molar-refractivity contribution >= 4 is 18.0 Å². The van der Waals surface area contributed by atoms with Gasteiger partial charge >= 0.3 is 18.0 Å². The summed E-state index contributed by atoms with van der Waals surface area (Å²) in [6.45, 7) is 5.06. The van der Waals surface area contributed by atoms with Gasteiger partial charge in [0.05, 0.1) is 29.6 Å². The zero-order valence-corrected chi connectivity index (χ0v) is 13.7. The molecule has 24 heavy (non-hydrogen) atoms. The molecule has 2 N–H and O–H groups in total. The first kappa shape index (κ1) is 17.5. The monoisotopic (exact) mass is 337 g/mol. The number of esters is 2. The quantitative estimate of drug-likeness (QED) is 0.744. The summed E-state index contributed by atoms with van der Waals surface area (Å²) in [6.07, 6.45) is 0.486. The maximum Gasteiger partial charge on any atom is 0.377 e. The van der Waals surface area contributed by atoms with E-state index in [4.69, 9.17) is 14.0 Å². The minimum Gasteiger partial charge on any atom is -0.463 e.